The molecular formula is C13H15FN2O3S. The Kier molecular flexibility index (Phi) is 4.17. The molecule has 0 aliphatic carbocycles. The number of benzene rings is 1. The van der Waals surface area contributed by atoms with Crippen molar-refractivity contribution >= 4 is 29.3 Å². The van der Waals surface area contributed by atoms with Gasteiger partial charge in [-0.2, -0.15) is 0 Å². The third kappa shape index (κ3) is 2.58. The number of thioether (sulfide) groups is 1. The van der Waals surface area contributed by atoms with Gasteiger partial charge in [0.15, 0.2) is 0 Å². The number of nitrogen functional groups attached to an aromatic ring is 1. The Balaban J connectivity index is 2.33. The number of aliphatic carboxylic acids is 1. The molecule has 3 N–H and O–H groups in total. The Bertz CT molecular complexity index is 552. The van der Waals surface area contributed by atoms with Crippen LogP contribution in [0.5, 0.6) is 0 Å². The van der Waals surface area contributed by atoms with Crippen molar-refractivity contribution in [3.8, 4) is 0 Å². The number of carboxylic acids is 1. The third-order valence-electron chi connectivity index (χ3n) is 3.21. The van der Waals surface area contributed by atoms with E-state index in [1.165, 1.54) is 28.8 Å². The number of carbonyl (C=O) groups excluding carboxylic acids is 1. The summed E-state index contributed by atoms with van der Waals surface area (Å²) in [6, 6.07) is 2.89. The van der Waals surface area contributed by atoms with E-state index in [2.05, 4.69) is 0 Å². The van der Waals surface area contributed by atoms with Gasteiger partial charge in [0, 0.05) is 11.3 Å². The number of halogens is 1. The summed E-state index contributed by atoms with van der Waals surface area (Å²) < 4.78 is 13.4. The van der Waals surface area contributed by atoms with Crippen LogP contribution in [0.15, 0.2) is 18.2 Å². The van der Waals surface area contributed by atoms with Crippen LogP contribution in [0.3, 0.4) is 0 Å². The minimum Gasteiger partial charge on any atom is -0.480 e. The second-order valence-corrected chi connectivity index (χ2v) is 5.71. The van der Waals surface area contributed by atoms with Gasteiger partial charge >= 0.3 is 5.97 Å². The Morgan fingerprint density at radius 3 is 2.80 bits per heavy atom. The Morgan fingerprint density at radius 1 is 1.55 bits per heavy atom. The predicted molar refractivity (Wildman–Crippen MR) is 74.9 cm³/mol. The highest BCUT2D eigenvalue weighted by molar-refractivity contribution is 8.00. The molecule has 5 nitrogen and oxygen atoms in total. The maximum atomic E-state index is 13.4. The van der Waals surface area contributed by atoms with Gasteiger partial charge in [-0.3, -0.25) is 4.79 Å². The van der Waals surface area contributed by atoms with E-state index in [0.717, 1.165) is 6.07 Å². The van der Waals surface area contributed by atoms with Crippen molar-refractivity contribution in [2.75, 3.05) is 11.5 Å². The highest BCUT2D eigenvalue weighted by atomic mass is 32.2. The molecule has 2 unspecified atom stereocenters. The number of carboxylic acid groups (broad SMARTS) is 1. The van der Waals surface area contributed by atoms with E-state index >= 15 is 0 Å². The number of rotatable bonds is 3. The maximum Gasteiger partial charge on any atom is 0.327 e. The third-order valence-corrected chi connectivity index (χ3v) is 4.66. The molecule has 1 aromatic carbocycles. The van der Waals surface area contributed by atoms with Crippen LogP contribution in [-0.4, -0.2) is 39.1 Å². The standard InChI is InChI=1S/C13H15FN2O3S/c1-2-11-16(10(6-20-11)13(18)19)12(17)7-3-4-9(15)8(14)5-7/h3-5,10-11H,2,6,15H2,1H3,(H,18,19). The van der Waals surface area contributed by atoms with Gasteiger partial charge in [0.2, 0.25) is 0 Å². The van der Waals surface area contributed by atoms with Crippen LogP contribution in [0.2, 0.25) is 0 Å². The quantitative estimate of drug-likeness (QED) is 0.831. The molecule has 1 aromatic rings. The summed E-state index contributed by atoms with van der Waals surface area (Å²) in [5, 5.41) is 8.99. The van der Waals surface area contributed by atoms with Crippen molar-refractivity contribution in [2.45, 2.75) is 24.8 Å². The van der Waals surface area contributed by atoms with Crippen molar-refractivity contribution in [1.82, 2.24) is 4.90 Å². The monoisotopic (exact) mass is 298 g/mol. The first-order valence-electron chi connectivity index (χ1n) is 6.17. The molecule has 7 heteroatoms. The Labute approximate surface area is 119 Å². The summed E-state index contributed by atoms with van der Waals surface area (Å²) in [5.41, 5.74) is 5.45. The average Bonchev–Trinajstić information content (AvgIpc) is 2.85. The second kappa shape index (κ2) is 5.70. The van der Waals surface area contributed by atoms with Gasteiger partial charge in [0.05, 0.1) is 11.1 Å². The molecular weight excluding hydrogens is 283 g/mol. The smallest absolute Gasteiger partial charge is 0.327 e. The number of anilines is 1. The van der Waals surface area contributed by atoms with E-state index in [9.17, 15) is 19.1 Å². The second-order valence-electron chi connectivity index (χ2n) is 4.50. The van der Waals surface area contributed by atoms with Crippen LogP contribution in [-0.2, 0) is 4.79 Å². The first kappa shape index (κ1) is 14.6. The minimum atomic E-state index is -1.04. The van der Waals surface area contributed by atoms with Crippen LogP contribution >= 0.6 is 11.8 Å². The zero-order valence-corrected chi connectivity index (χ0v) is 11.7. The molecule has 0 saturated carbocycles. The molecule has 2 atom stereocenters. The summed E-state index contributed by atoms with van der Waals surface area (Å²) in [5.74, 6) is -1.86. The van der Waals surface area contributed by atoms with Gasteiger partial charge in [0.1, 0.15) is 11.9 Å². The first-order chi connectivity index (χ1) is 9.45. The molecule has 0 spiro atoms. The topological polar surface area (TPSA) is 83.6 Å². The summed E-state index contributed by atoms with van der Waals surface area (Å²) in [6.45, 7) is 1.88. The molecule has 2 rings (SSSR count). The molecule has 0 aromatic heterocycles. The van der Waals surface area contributed by atoms with Crippen molar-refractivity contribution in [1.29, 1.82) is 0 Å². The average molecular weight is 298 g/mol. The summed E-state index contributed by atoms with van der Waals surface area (Å²) >= 11 is 1.42. The number of nitrogens with two attached hydrogens (primary N) is 1. The fraction of sp³-hybridized carbons (Fsp3) is 0.385. The van der Waals surface area contributed by atoms with E-state index in [0.29, 0.717) is 12.2 Å². The fourth-order valence-corrected chi connectivity index (χ4v) is 3.50. The van der Waals surface area contributed by atoms with Crippen LogP contribution in [0.25, 0.3) is 0 Å². The van der Waals surface area contributed by atoms with Gasteiger partial charge in [0.25, 0.3) is 5.91 Å². The van der Waals surface area contributed by atoms with Crippen molar-refractivity contribution in [2.24, 2.45) is 0 Å². The molecule has 1 fully saturated rings. The van der Waals surface area contributed by atoms with Crippen molar-refractivity contribution in [3.63, 3.8) is 0 Å². The normalized spacial score (nSPS) is 22.0. The molecule has 0 radical (unpaired) electrons. The molecule has 1 aliphatic heterocycles. The maximum absolute atomic E-state index is 13.4. The lowest BCUT2D eigenvalue weighted by Crippen LogP contribution is -2.45. The van der Waals surface area contributed by atoms with Crippen LogP contribution < -0.4 is 5.73 Å². The molecule has 1 saturated heterocycles. The van der Waals surface area contributed by atoms with Crippen LogP contribution in [0.1, 0.15) is 23.7 Å². The van der Waals surface area contributed by atoms with E-state index in [1.807, 2.05) is 6.92 Å². The number of nitrogens with zero attached hydrogens (tertiary/aromatic N) is 1. The Hall–Kier alpha value is -1.76. The van der Waals surface area contributed by atoms with Crippen LogP contribution in [0.4, 0.5) is 10.1 Å². The van der Waals surface area contributed by atoms with E-state index < -0.39 is 23.7 Å². The molecule has 1 heterocycles. The molecule has 1 aliphatic rings. The van der Waals surface area contributed by atoms with Crippen molar-refractivity contribution < 1.29 is 19.1 Å². The molecule has 0 bridgehead atoms. The number of hydrogen-bond donors (Lipinski definition) is 2. The lowest BCUT2D eigenvalue weighted by atomic mass is 10.1. The highest BCUT2D eigenvalue weighted by Crippen LogP contribution is 2.33. The lowest BCUT2D eigenvalue weighted by Gasteiger charge is -2.26. The summed E-state index contributed by atoms with van der Waals surface area (Å²) in [4.78, 5) is 25.0. The van der Waals surface area contributed by atoms with E-state index in [1.54, 1.807) is 0 Å². The largest absolute Gasteiger partial charge is 0.480 e. The molecule has 20 heavy (non-hydrogen) atoms. The van der Waals surface area contributed by atoms with Gasteiger partial charge in [-0.05, 0) is 24.6 Å². The first-order valence-corrected chi connectivity index (χ1v) is 7.22. The molecule has 1 amide bonds. The predicted octanol–water partition coefficient (Wildman–Crippen LogP) is 1.79. The fourth-order valence-electron chi connectivity index (χ4n) is 2.15. The summed E-state index contributed by atoms with van der Waals surface area (Å²) in [7, 11) is 0. The van der Waals surface area contributed by atoms with Gasteiger partial charge in [-0.15, -0.1) is 11.8 Å². The van der Waals surface area contributed by atoms with Gasteiger partial charge in [-0.25, -0.2) is 9.18 Å². The lowest BCUT2D eigenvalue weighted by molar-refractivity contribution is -0.141. The SMILES string of the molecule is CCC1SCC(C(=O)O)N1C(=O)c1ccc(N)c(F)c1. The summed E-state index contributed by atoms with van der Waals surface area (Å²) in [6.07, 6.45) is 0.637. The molecule has 108 valence electrons. The highest BCUT2D eigenvalue weighted by Gasteiger charge is 2.41. The Morgan fingerprint density at radius 2 is 2.25 bits per heavy atom. The van der Waals surface area contributed by atoms with Gasteiger partial charge in [-0.1, -0.05) is 6.92 Å². The van der Waals surface area contributed by atoms with Gasteiger partial charge < -0.3 is 15.7 Å². The van der Waals surface area contributed by atoms with E-state index in [4.69, 9.17) is 5.73 Å². The van der Waals surface area contributed by atoms with Crippen molar-refractivity contribution in [3.05, 3.63) is 29.6 Å². The zero-order valence-electron chi connectivity index (χ0n) is 10.9. The number of carbonyl (C=O) groups is 2. The van der Waals surface area contributed by atoms with Crippen LogP contribution in [0, 0.1) is 5.82 Å². The minimum absolute atomic E-state index is 0.0424. The zero-order chi connectivity index (χ0) is 14.9. The van der Waals surface area contributed by atoms with E-state index in [-0.39, 0.29) is 16.6 Å². The number of amides is 1. The number of hydrogen-bond acceptors (Lipinski definition) is 4.